The molecular weight excluding hydrogens is 320 g/mol. The second kappa shape index (κ2) is 6.45. The van der Waals surface area contributed by atoms with Crippen LogP contribution in [0.3, 0.4) is 0 Å². The van der Waals surface area contributed by atoms with Crippen LogP contribution < -0.4 is 5.32 Å². The first-order valence-corrected chi connectivity index (χ1v) is 6.27. The van der Waals surface area contributed by atoms with Gasteiger partial charge in [0, 0.05) is 12.1 Å². The molecule has 2 rings (SSSR count). The molecule has 114 valence electrons. The fraction of sp³-hybridized carbons (Fsp3) is 0. The lowest BCUT2D eigenvalue weighted by Crippen LogP contribution is -2.10. The van der Waals surface area contributed by atoms with Crippen molar-refractivity contribution >= 4 is 40.4 Å². The number of thiophene rings is 1. The number of amides is 1. The zero-order valence-corrected chi connectivity index (χ0v) is 11.3. The van der Waals surface area contributed by atoms with Crippen LogP contribution in [0.2, 0.25) is 0 Å². The predicted octanol–water partition coefficient (Wildman–Crippen LogP) is 2.74. The van der Waals surface area contributed by atoms with Gasteiger partial charge in [-0.3, -0.25) is 30.4 Å². The molecule has 0 unspecified atom stereocenters. The van der Waals surface area contributed by atoms with Crippen molar-refractivity contribution in [2.75, 3.05) is 5.32 Å². The fourth-order valence-corrected chi connectivity index (χ4v) is 1.94. The number of nitrogens with one attached hydrogen (secondary N) is 1. The zero-order valence-electron chi connectivity index (χ0n) is 10.5. The van der Waals surface area contributed by atoms with Gasteiger partial charge < -0.3 is 4.42 Å². The SMILES string of the molecule is O=C(Nc1ccc([N+](=O)[O-])o1)O/N=C/c1ccc([N+](=O)[O-])s1. The van der Waals surface area contributed by atoms with E-state index in [0.29, 0.717) is 4.88 Å². The van der Waals surface area contributed by atoms with Crippen LogP contribution in [0, 0.1) is 20.2 Å². The molecule has 2 heterocycles. The van der Waals surface area contributed by atoms with Gasteiger partial charge in [-0.25, -0.2) is 4.79 Å². The summed E-state index contributed by atoms with van der Waals surface area (Å²) >= 11 is 0.850. The Labute approximate surface area is 125 Å². The number of oxime groups is 1. The van der Waals surface area contributed by atoms with E-state index in [0.717, 1.165) is 23.6 Å². The largest absolute Gasteiger partial charge is 0.440 e. The lowest BCUT2D eigenvalue weighted by molar-refractivity contribution is -0.401. The topological polar surface area (TPSA) is 150 Å². The Hall–Kier alpha value is -3.28. The Morgan fingerprint density at radius 1 is 1.27 bits per heavy atom. The summed E-state index contributed by atoms with van der Waals surface area (Å²) in [5.41, 5.74) is 0. The number of nitro groups is 2. The number of furan rings is 1. The van der Waals surface area contributed by atoms with Crippen molar-refractivity contribution in [1.29, 1.82) is 0 Å². The van der Waals surface area contributed by atoms with Crippen LogP contribution in [-0.2, 0) is 4.84 Å². The number of hydrogen-bond donors (Lipinski definition) is 1. The smallest absolute Gasteiger partial charge is 0.384 e. The van der Waals surface area contributed by atoms with Crippen molar-refractivity contribution in [3.63, 3.8) is 0 Å². The highest BCUT2D eigenvalue weighted by atomic mass is 32.1. The van der Waals surface area contributed by atoms with Gasteiger partial charge >= 0.3 is 17.0 Å². The van der Waals surface area contributed by atoms with E-state index in [1.54, 1.807) is 0 Å². The molecule has 0 aliphatic rings. The van der Waals surface area contributed by atoms with Crippen LogP contribution in [0.5, 0.6) is 0 Å². The molecule has 12 heteroatoms. The summed E-state index contributed by atoms with van der Waals surface area (Å²) < 4.78 is 4.67. The van der Waals surface area contributed by atoms with Crippen molar-refractivity contribution < 1.29 is 23.9 Å². The third-order valence-corrected chi connectivity index (χ3v) is 3.08. The van der Waals surface area contributed by atoms with Crippen molar-refractivity contribution in [1.82, 2.24) is 0 Å². The first-order chi connectivity index (χ1) is 10.5. The second-order valence-corrected chi connectivity index (χ2v) is 4.66. The van der Waals surface area contributed by atoms with Crippen molar-refractivity contribution in [3.8, 4) is 0 Å². The molecule has 0 saturated carbocycles. The molecule has 1 N–H and O–H groups in total. The summed E-state index contributed by atoms with van der Waals surface area (Å²) in [6.45, 7) is 0. The number of carbonyl (C=O) groups is 1. The van der Waals surface area contributed by atoms with Gasteiger partial charge in [0.2, 0.25) is 5.88 Å². The molecule has 0 radical (unpaired) electrons. The van der Waals surface area contributed by atoms with Crippen LogP contribution in [0.4, 0.5) is 21.6 Å². The van der Waals surface area contributed by atoms with Gasteiger partial charge in [0.15, 0.2) is 0 Å². The minimum absolute atomic E-state index is 0.0752. The number of rotatable bonds is 5. The molecule has 0 aliphatic heterocycles. The quantitative estimate of drug-likeness (QED) is 0.384. The summed E-state index contributed by atoms with van der Waals surface area (Å²) in [5, 5.41) is 26.2. The van der Waals surface area contributed by atoms with Gasteiger partial charge in [0.05, 0.1) is 22.1 Å². The molecule has 0 aliphatic carbocycles. The molecule has 0 saturated heterocycles. The molecule has 0 fully saturated rings. The van der Waals surface area contributed by atoms with Gasteiger partial charge in [-0.15, -0.1) is 0 Å². The van der Waals surface area contributed by atoms with Gasteiger partial charge in [0.1, 0.15) is 4.92 Å². The van der Waals surface area contributed by atoms with E-state index >= 15 is 0 Å². The normalized spacial score (nSPS) is 10.5. The summed E-state index contributed by atoms with van der Waals surface area (Å²) in [6.07, 6.45) is 0.0773. The first kappa shape index (κ1) is 15.1. The highest BCUT2D eigenvalue weighted by Crippen LogP contribution is 2.22. The third-order valence-electron chi connectivity index (χ3n) is 2.11. The Morgan fingerprint density at radius 3 is 2.64 bits per heavy atom. The number of anilines is 1. The minimum Gasteiger partial charge on any atom is -0.384 e. The van der Waals surface area contributed by atoms with E-state index < -0.39 is 21.8 Å². The maximum absolute atomic E-state index is 11.3. The van der Waals surface area contributed by atoms with E-state index in [4.69, 9.17) is 0 Å². The third kappa shape index (κ3) is 3.86. The number of hydrogen-bond acceptors (Lipinski definition) is 9. The molecule has 2 aromatic heterocycles. The summed E-state index contributed by atoms with van der Waals surface area (Å²) in [7, 11) is 0. The summed E-state index contributed by atoms with van der Waals surface area (Å²) in [6, 6.07) is 4.95. The second-order valence-electron chi connectivity index (χ2n) is 3.57. The molecule has 22 heavy (non-hydrogen) atoms. The van der Waals surface area contributed by atoms with E-state index in [1.165, 1.54) is 18.2 Å². The summed E-state index contributed by atoms with van der Waals surface area (Å²) in [5.74, 6) is -0.719. The van der Waals surface area contributed by atoms with E-state index in [-0.39, 0.29) is 10.9 Å². The Bertz CT molecular complexity index is 750. The number of carbonyl (C=O) groups excluding carboxylic acids is 1. The van der Waals surface area contributed by atoms with Crippen LogP contribution in [0.1, 0.15) is 4.88 Å². The predicted molar refractivity (Wildman–Crippen MR) is 74.0 cm³/mol. The minimum atomic E-state index is -1.04. The molecule has 0 bridgehead atoms. The Morgan fingerprint density at radius 2 is 2.05 bits per heavy atom. The maximum Gasteiger partial charge on any atom is 0.440 e. The van der Waals surface area contributed by atoms with E-state index in [9.17, 15) is 25.0 Å². The van der Waals surface area contributed by atoms with Crippen LogP contribution in [-0.4, -0.2) is 22.2 Å². The monoisotopic (exact) mass is 326 g/mol. The lowest BCUT2D eigenvalue weighted by Gasteiger charge is -1.96. The van der Waals surface area contributed by atoms with Crippen molar-refractivity contribution in [2.45, 2.75) is 0 Å². The van der Waals surface area contributed by atoms with Crippen LogP contribution >= 0.6 is 11.3 Å². The van der Waals surface area contributed by atoms with Gasteiger partial charge in [-0.05, 0) is 6.07 Å². The van der Waals surface area contributed by atoms with Crippen molar-refractivity contribution in [2.24, 2.45) is 5.16 Å². The average Bonchev–Trinajstić information content (AvgIpc) is 3.07. The van der Waals surface area contributed by atoms with Crippen LogP contribution in [0.25, 0.3) is 0 Å². The van der Waals surface area contributed by atoms with Gasteiger partial charge in [-0.1, -0.05) is 16.5 Å². The van der Waals surface area contributed by atoms with Gasteiger partial charge in [0.25, 0.3) is 0 Å². The summed E-state index contributed by atoms with van der Waals surface area (Å²) in [4.78, 5) is 35.7. The van der Waals surface area contributed by atoms with Crippen LogP contribution in [0.15, 0.2) is 33.8 Å². The molecule has 11 nitrogen and oxygen atoms in total. The van der Waals surface area contributed by atoms with E-state index in [2.05, 4.69) is 19.7 Å². The fourth-order valence-electron chi connectivity index (χ4n) is 1.25. The zero-order chi connectivity index (χ0) is 16.1. The molecule has 0 aromatic carbocycles. The van der Waals surface area contributed by atoms with E-state index in [1.807, 2.05) is 0 Å². The standard InChI is InChI=1S/C10H6N4O7S/c15-10(12-7-2-3-8(20-7)13(16)17)21-11-5-6-1-4-9(22-6)14(18)19/h1-5H,(H,12,15)/b11-5+. The maximum atomic E-state index is 11.3. The molecule has 0 spiro atoms. The molecular formula is C10H6N4O7S. The highest BCUT2D eigenvalue weighted by molar-refractivity contribution is 7.16. The average molecular weight is 326 g/mol. The number of nitrogens with zero attached hydrogens (tertiary/aromatic N) is 3. The van der Waals surface area contributed by atoms with Crippen molar-refractivity contribution in [3.05, 3.63) is 49.4 Å². The van der Waals surface area contributed by atoms with Gasteiger partial charge in [-0.2, -0.15) is 0 Å². The lowest BCUT2D eigenvalue weighted by atomic mass is 10.5. The Balaban J connectivity index is 1.87. The first-order valence-electron chi connectivity index (χ1n) is 5.45. The molecule has 1 amide bonds. The Kier molecular flexibility index (Phi) is 4.43. The molecule has 2 aromatic rings. The highest BCUT2D eigenvalue weighted by Gasteiger charge is 2.14. The molecule has 0 atom stereocenters.